The van der Waals surface area contributed by atoms with Crippen molar-refractivity contribution in [3.8, 4) is 17.6 Å². The maximum atomic E-state index is 13.2. The number of halogens is 1. The number of benzene rings is 3. The number of hydrogen-bond donors (Lipinski definition) is 0. The number of nitrogens with zero attached hydrogens (tertiary/aromatic N) is 2. The van der Waals surface area contributed by atoms with Crippen LogP contribution >= 0.6 is 0 Å². The molecular weight excluding hydrogens is 423 g/mol. The molecule has 0 unspecified atom stereocenters. The van der Waals surface area contributed by atoms with Crippen LogP contribution in [-0.4, -0.2) is 12.0 Å². The standard InChI is InChI=1S/C26H21FN2O4/c1-3-5-21-12-19(13-22(16-28)20-6-4-7-24(15-20)29(30)31)14-25(32-2)26(21)33-17-18-8-10-23(27)11-9-18/h3-4,6-15H,1,5,17H2,2H3/b22-13-. The molecule has 0 heterocycles. The predicted molar refractivity (Wildman–Crippen MR) is 124 cm³/mol. The van der Waals surface area contributed by atoms with Gasteiger partial charge in [0.15, 0.2) is 11.5 Å². The highest BCUT2D eigenvalue weighted by atomic mass is 19.1. The second-order valence-corrected chi connectivity index (χ2v) is 7.10. The third-order valence-corrected chi connectivity index (χ3v) is 4.83. The lowest BCUT2D eigenvalue weighted by Gasteiger charge is -2.16. The first-order valence-corrected chi connectivity index (χ1v) is 10.0. The minimum Gasteiger partial charge on any atom is -0.493 e. The molecule has 166 valence electrons. The summed E-state index contributed by atoms with van der Waals surface area (Å²) >= 11 is 0. The lowest BCUT2D eigenvalue weighted by molar-refractivity contribution is -0.384. The summed E-state index contributed by atoms with van der Waals surface area (Å²) in [4.78, 5) is 10.6. The molecule has 0 aliphatic rings. The summed E-state index contributed by atoms with van der Waals surface area (Å²) in [7, 11) is 1.51. The fraction of sp³-hybridized carbons (Fsp3) is 0.115. The first-order valence-electron chi connectivity index (χ1n) is 10.0. The molecule has 0 aliphatic carbocycles. The van der Waals surface area contributed by atoms with Gasteiger partial charge in [0.1, 0.15) is 12.4 Å². The largest absolute Gasteiger partial charge is 0.493 e. The maximum absolute atomic E-state index is 13.2. The number of hydrogen-bond acceptors (Lipinski definition) is 5. The molecule has 0 aromatic heterocycles. The van der Waals surface area contributed by atoms with Crippen LogP contribution in [0.1, 0.15) is 22.3 Å². The van der Waals surface area contributed by atoms with E-state index in [1.165, 1.54) is 37.4 Å². The number of nitro groups is 1. The van der Waals surface area contributed by atoms with Gasteiger partial charge in [0.05, 0.1) is 23.7 Å². The van der Waals surface area contributed by atoms with Gasteiger partial charge in [0.25, 0.3) is 5.69 Å². The van der Waals surface area contributed by atoms with Gasteiger partial charge >= 0.3 is 0 Å². The highest BCUT2D eigenvalue weighted by Crippen LogP contribution is 2.35. The lowest BCUT2D eigenvalue weighted by atomic mass is 10.0. The second kappa shape index (κ2) is 10.7. The minimum absolute atomic E-state index is 0.0943. The van der Waals surface area contributed by atoms with Gasteiger partial charge in [-0.1, -0.05) is 30.3 Å². The van der Waals surface area contributed by atoms with Crippen molar-refractivity contribution in [2.75, 3.05) is 7.11 Å². The van der Waals surface area contributed by atoms with Crippen LogP contribution in [0.15, 0.2) is 73.3 Å². The molecule has 0 radical (unpaired) electrons. The van der Waals surface area contributed by atoms with Gasteiger partial charge in [-0.15, -0.1) is 6.58 Å². The van der Waals surface area contributed by atoms with Crippen molar-refractivity contribution in [2.24, 2.45) is 0 Å². The Balaban J connectivity index is 1.98. The molecule has 33 heavy (non-hydrogen) atoms. The summed E-state index contributed by atoms with van der Waals surface area (Å²) in [6.07, 6.45) is 3.84. The number of nitriles is 1. The first kappa shape index (κ1) is 23.2. The summed E-state index contributed by atoms with van der Waals surface area (Å²) in [6, 6.07) is 17.6. The van der Waals surface area contributed by atoms with E-state index in [0.29, 0.717) is 29.0 Å². The SMILES string of the molecule is C=CCc1cc(/C=C(/C#N)c2cccc([N+](=O)[O-])c2)cc(OC)c1OCc1ccc(F)cc1. The Morgan fingerprint density at radius 2 is 1.97 bits per heavy atom. The molecular formula is C26H21FN2O4. The summed E-state index contributed by atoms with van der Waals surface area (Å²) in [5.74, 6) is 0.656. The zero-order chi connectivity index (χ0) is 23.8. The van der Waals surface area contributed by atoms with E-state index in [9.17, 15) is 19.8 Å². The Bertz CT molecular complexity index is 1240. The molecule has 7 heteroatoms. The number of methoxy groups -OCH3 is 1. The molecule has 0 saturated carbocycles. The zero-order valence-electron chi connectivity index (χ0n) is 18.0. The van der Waals surface area contributed by atoms with Gasteiger partial charge in [0.2, 0.25) is 0 Å². The molecule has 0 atom stereocenters. The van der Waals surface area contributed by atoms with Gasteiger partial charge in [-0.05, 0) is 53.5 Å². The highest BCUT2D eigenvalue weighted by molar-refractivity contribution is 5.90. The van der Waals surface area contributed by atoms with E-state index in [-0.39, 0.29) is 23.7 Å². The zero-order valence-corrected chi connectivity index (χ0v) is 18.0. The Hall–Kier alpha value is -4.44. The lowest BCUT2D eigenvalue weighted by Crippen LogP contribution is -2.02. The summed E-state index contributed by atoms with van der Waals surface area (Å²) in [5, 5.41) is 20.8. The topological polar surface area (TPSA) is 85.4 Å². The van der Waals surface area contributed by atoms with Crippen molar-refractivity contribution in [1.82, 2.24) is 0 Å². The van der Waals surface area contributed by atoms with E-state index in [4.69, 9.17) is 9.47 Å². The van der Waals surface area contributed by atoms with E-state index in [1.807, 2.05) is 6.07 Å². The van der Waals surface area contributed by atoms with Crippen LogP contribution in [0.5, 0.6) is 11.5 Å². The van der Waals surface area contributed by atoms with E-state index >= 15 is 0 Å². The third-order valence-electron chi connectivity index (χ3n) is 4.83. The number of rotatable bonds is 9. The molecule has 0 saturated heterocycles. The van der Waals surface area contributed by atoms with Crippen LogP contribution in [0.4, 0.5) is 10.1 Å². The summed E-state index contributed by atoms with van der Waals surface area (Å²) in [6.45, 7) is 4.01. The van der Waals surface area contributed by atoms with Crippen molar-refractivity contribution >= 4 is 17.3 Å². The van der Waals surface area contributed by atoms with Crippen LogP contribution in [0, 0.1) is 27.3 Å². The van der Waals surface area contributed by atoms with Gasteiger partial charge in [-0.2, -0.15) is 5.26 Å². The number of allylic oxidation sites excluding steroid dienone is 2. The van der Waals surface area contributed by atoms with Crippen LogP contribution in [0.25, 0.3) is 11.6 Å². The van der Waals surface area contributed by atoms with Crippen molar-refractivity contribution in [3.05, 3.63) is 112 Å². The fourth-order valence-electron chi connectivity index (χ4n) is 3.26. The second-order valence-electron chi connectivity index (χ2n) is 7.10. The summed E-state index contributed by atoms with van der Waals surface area (Å²) < 4.78 is 24.7. The molecule has 0 fully saturated rings. The van der Waals surface area contributed by atoms with Crippen molar-refractivity contribution < 1.29 is 18.8 Å². The Kier molecular flexibility index (Phi) is 7.55. The number of ether oxygens (including phenoxy) is 2. The van der Waals surface area contributed by atoms with Gasteiger partial charge in [-0.25, -0.2) is 4.39 Å². The molecule has 0 spiro atoms. The normalized spacial score (nSPS) is 10.9. The van der Waals surface area contributed by atoms with E-state index in [0.717, 1.165) is 11.1 Å². The number of non-ortho nitro benzene ring substituents is 1. The van der Waals surface area contributed by atoms with E-state index in [1.54, 1.807) is 36.4 Å². The molecule has 3 aromatic carbocycles. The molecule has 0 aliphatic heterocycles. The van der Waals surface area contributed by atoms with E-state index < -0.39 is 4.92 Å². The number of nitro benzene ring substituents is 1. The molecule has 3 aromatic rings. The molecule has 0 bridgehead atoms. The van der Waals surface area contributed by atoms with Crippen LogP contribution < -0.4 is 9.47 Å². The molecule has 0 amide bonds. The molecule has 6 nitrogen and oxygen atoms in total. The molecule has 3 rings (SSSR count). The van der Waals surface area contributed by atoms with Gasteiger partial charge < -0.3 is 9.47 Å². The monoisotopic (exact) mass is 444 g/mol. The van der Waals surface area contributed by atoms with Gasteiger partial charge in [0, 0.05) is 17.7 Å². The van der Waals surface area contributed by atoms with Crippen molar-refractivity contribution in [2.45, 2.75) is 13.0 Å². The smallest absolute Gasteiger partial charge is 0.270 e. The third kappa shape index (κ3) is 5.83. The van der Waals surface area contributed by atoms with Crippen molar-refractivity contribution in [1.29, 1.82) is 5.26 Å². The van der Waals surface area contributed by atoms with Crippen LogP contribution in [0.3, 0.4) is 0 Å². The van der Waals surface area contributed by atoms with Crippen LogP contribution in [-0.2, 0) is 13.0 Å². The van der Waals surface area contributed by atoms with Gasteiger partial charge in [-0.3, -0.25) is 10.1 Å². The Labute approximate surface area is 191 Å². The average Bonchev–Trinajstić information content (AvgIpc) is 2.82. The quantitative estimate of drug-likeness (QED) is 0.131. The average molecular weight is 444 g/mol. The fourth-order valence-corrected chi connectivity index (χ4v) is 3.26. The minimum atomic E-state index is -0.503. The van der Waals surface area contributed by atoms with E-state index in [2.05, 4.69) is 12.6 Å². The summed E-state index contributed by atoms with van der Waals surface area (Å²) in [5.41, 5.74) is 2.86. The highest BCUT2D eigenvalue weighted by Gasteiger charge is 2.14. The van der Waals surface area contributed by atoms with Crippen molar-refractivity contribution in [3.63, 3.8) is 0 Å². The maximum Gasteiger partial charge on any atom is 0.270 e. The molecule has 0 N–H and O–H groups in total. The van der Waals surface area contributed by atoms with Crippen LogP contribution in [0.2, 0.25) is 0 Å². The Morgan fingerprint density at radius 1 is 1.21 bits per heavy atom. The predicted octanol–water partition coefficient (Wildman–Crippen LogP) is 6.11. The first-order chi connectivity index (χ1) is 15.9. The Morgan fingerprint density at radius 3 is 2.61 bits per heavy atom.